The molecule has 4 rings (SSSR count). The van der Waals surface area contributed by atoms with E-state index >= 15 is 0 Å². The van der Waals surface area contributed by atoms with E-state index in [4.69, 9.17) is 23.2 Å². The summed E-state index contributed by atoms with van der Waals surface area (Å²) < 4.78 is 1.83. The number of fused-ring (bicyclic) bond motifs is 1. The Morgan fingerprint density at radius 1 is 1.17 bits per heavy atom. The lowest BCUT2D eigenvalue weighted by Gasteiger charge is -2.12. The van der Waals surface area contributed by atoms with Gasteiger partial charge in [0, 0.05) is 33.7 Å². The zero-order valence-corrected chi connectivity index (χ0v) is 17.6. The van der Waals surface area contributed by atoms with Gasteiger partial charge in [0.1, 0.15) is 0 Å². The van der Waals surface area contributed by atoms with Crippen molar-refractivity contribution in [3.63, 3.8) is 0 Å². The number of carbonyl (C=O) groups excluding carboxylic acids is 1. The predicted octanol–water partition coefficient (Wildman–Crippen LogP) is 4.97. The molecule has 3 heterocycles. The number of hydrogen-bond acceptors (Lipinski definition) is 5. The van der Waals surface area contributed by atoms with Gasteiger partial charge in [-0.2, -0.15) is 0 Å². The average molecular weight is 447 g/mol. The van der Waals surface area contributed by atoms with Gasteiger partial charge in [0.25, 0.3) is 0 Å². The van der Waals surface area contributed by atoms with Crippen LogP contribution in [0, 0.1) is 0 Å². The first kappa shape index (κ1) is 19.6. The van der Waals surface area contributed by atoms with Crippen molar-refractivity contribution < 1.29 is 4.79 Å². The molecule has 0 aliphatic heterocycles. The van der Waals surface area contributed by atoms with Crippen molar-refractivity contribution in [1.29, 1.82) is 0 Å². The number of benzene rings is 1. The van der Waals surface area contributed by atoms with Gasteiger partial charge in [-0.15, -0.1) is 21.5 Å². The van der Waals surface area contributed by atoms with Gasteiger partial charge in [-0.3, -0.25) is 9.72 Å². The molecule has 1 atom stereocenters. The first-order chi connectivity index (χ1) is 14.0. The van der Waals surface area contributed by atoms with Gasteiger partial charge in [-0.05, 0) is 36.8 Å². The first-order valence-corrected chi connectivity index (χ1v) is 10.3. The average Bonchev–Trinajstić information content (AvgIpc) is 3.31. The quantitative estimate of drug-likeness (QED) is 0.453. The molecule has 3 aromatic heterocycles. The maximum absolute atomic E-state index is 12.4. The van der Waals surface area contributed by atoms with Crippen molar-refractivity contribution in [2.45, 2.75) is 19.4 Å². The molecule has 7 nitrogen and oxygen atoms in total. The fourth-order valence-corrected chi connectivity index (χ4v) is 4.22. The van der Waals surface area contributed by atoms with Gasteiger partial charge in [-0.1, -0.05) is 35.3 Å². The molecular weight excluding hydrogens is 431 g/mol. The van der Waals surface area contributed by atoms with Crippen LogP contribution in [0.5, 0.6) is 0 Å². The van der Waals surface area contributed by atoms with Crippen LogP contribution in [0.3, 0.4) is 0 Å². The molecule has 0 spiro atoms. The SMILES string of the molecule is CC(NC(=O)Nc1ncc(Cc2c(Cl)cccc2Cl)s1)c1nnc2ccccn12. The Morgan fingerprint density at radius 2 is 1.97 bits per heavy atom. The molecule has 10 heteroatoms. The second-order valence-corrected chi connectivity index (χ2v) is 8.25. The van der Waals surface area contributed by atoms with Gasteiger partial charge >= 0.3 is 6.03 Å². The highest BCUT2D eigenvalue weighted by atomic mass is 35.5. The number of anilines is 1. The molecule has 0 saturated carbocycles. The van der Waals surface area contributed by atoms with Gasteiger partial charge in [0.05, 0.1) is 6.04 Å². The summed E-state index contributed by atoms with van der Waals surface area (Å²) in [5, 5.41) is 15.5. The second-order valence-electron chi connectivity index (χ2n) is 6.32. The first-order valence-electron chi connectivity index (χ1n) is 8.76. The van der Waals surface area contributed by atoms with Crippen molar-refractivity contribution in [2.24, 2.45) is 0 Å². The van der Waals surface area contributed by atoms with Crippen LogP contribution in [0.4, 0.5) is 9.93 Å². The van der Waals surface area contributed by atoms with E-state index in [0.29, 0.717) is 27.4 Å². The van der Waals surface area contributed by atoms with E-state index in [1.54, 1.807) is 24.4 Å². The van der Waals surface area contributed by atoms with Crippen molar-refractivity contribution >= 4 is 51.3 Å². The Kier molecular flexibility index (Phi) is 5.66. The van der Waals surface area contributed by atoms with Crippen molar-refractivity contribution in [3.05, 3.63) is 75.1 Å². The van der Waals surface area contributed by atoms with Crippen molar-refractivity contribution in [2.75, 3.05) is 5.32 Å². The Labute approximate surface area is 180 Å². The molecule has 1 unspecified atom stereocenters. The van der Waals surface area contributed by atoms with Crippen LogP contribution in [-0.2, 0) is 6.42 Å². The maximum Gasteiger partial charge on any atom is 0.321 e. The number of hydrogen-bond donors (Lipinski definition) is 2. The van der Waals surface area contributed by atoms with E-state index in [1.807, 2.05) is 35.7 Å². The van der Waals surface area contributed by atoms with Crippen LogP contribution in [0.1, 0.15) is 29.2 Å². The van der Waals surface area contributed by atoms with Crippen LogP contribution >= 0.6 is 34.5 Å². The Hall–Kier alpha value is -2.68. The van der Waals surface area contributed by atoms with Crippen molar-refractivity contribution in [3.8, 4) is 0 Å². The topological polar surface area (TPSA) is 84.2 Å². The third-order valence-electron chi connectivity index (χ3n) is 4.26. The zero-order valence-electron chi connectivity index (χ0n) is 15.3. The number of carbonyl (C=O) groups is 1. The number of amides is 2. The third kappa shape index (κ3) is 4.34. The van der Waals surface area contributed by atoms with Crippen LogP contribution in [0.15, 0.2) is 48.8 Å². The Morgan fingerprint density at radius 3 is 2.76 bits per heavy atom. The summed E-state index contributed by atoms with van der Waals surface area (Å²) in [6.45, 7) is 1.84. The van der Waals surface area contributed by atoms with E-state index in [0.717, 1.165) is 16.1 Å². The predicted molar refractivity (Wildman–Crippen MR) is 115 cm³/mol. The molecule has 0 aliphatic carbocycles. The number of pyridine rings is 1. The number of aromatic nitrogens is 4. The minimum absolute atomic E-state index is 0.339. The number of urea groups is 1. The van der Waals surface area contributed by atoms with Gasteiger partial charge in [-0.25, -0.2) is 9.78 Å². The third-order valence-corrected chi connectivity index (χ3v) is 5.88. The van der Waals surface area contributed by atoms with Gasteiger partial charge in [0.2, 0.25) is 0 Å². The smallest absolute Gasteiger partial charge is 0.321 e. The van der Waals surface area contributed by atoms with Gasteiger partial charge in [0.15, 0.2) is 16.6 Å². The maximum atomic E-state index is 12.4. The molecular formula is C19H16Cl2N6OS. The van der Waals surface area contributed by atoms with E-state index in [9.17, 15) is 4.79 Å². The van der Waals surface area contributed by atoms with Crippen LogP contribution in [0.2, 0.25) is 10.0 Å². The molecule has 29 heavy (non-hydrogen) atoms. The molecule has 2 N–H and O–H groups in total. The summed E-state index contributed by atoms with van der Waals surface area (Å²) in [5.74, 6) is 0.643. The minimum Gasteiger partial charge on any atom is -0.328 e. The number of nitrogens with one attached hydrogen (secondary N) is 2. The second kappa shape index (κ2) is 8.36. The number of halogens is 2. The highest BCUT2D eigenvalue weighted by Gasteiger charge is 2.17. The summed E-state index contributed by atoms with van der Waals surface area (Å²) >= 11 is 13.8. The van der Waals surface area contributed by atoms with E-state index in [-0.39, 0.29) is 12.1 Å². The van der Waals surface area contributed by atoms with E-state index < -0.39 is 0 Å². The van der Waals surface area contributed by atoms with Crippen LogP contribution in [-0.4, -0.2) is 25.6 Å². The standard InChI is InChI=1S/C19H16Cl2N6OS/c1-11(17-26-25-16-7-2-3-8-27(16)17)23-18(28)24-19-22-10-12(29-19)9-13-14(20)5-4-6-15(13)21/h2-8,10-11H,9H2,1H3,(H2,22,23,24,28). The molecule has 0 saturated heterocycles. The number of thiazole rings is 1. The van der Waals surface area contributed by atoms with Crippen LogP contribution in [0.25, 0.3) is 5.65 Å². The highest BCUT2D eigenvalue weighted by Crippen LogP contribution is 2.29. The Bertz CT molecular complexity index is 1150. The summed E-state index contributed by atoms with van der Waals surface area (Å²) in [4.78, 5) is 17.6. The van der Waals surface area contributed by atoms with Gasteiger partial charge < -0.3 is 5.32 Å². The summed E-state index contributed by atoms with van der Waals surface area (Å²) in [6.07, 6.45) is 4.10. The molecule has 0 radical (unpaired) electrons. The number of nitrogens with zero attached hydrogens (tertiary/aromatic N) is 4. The molecule has 2 amide bonds. The lowest BCUT2D eigenvalue weighted by atomic mass is 10.1. The number of rotatable bonds is 5. The molecule has 0 aliphatic rings. The molecule has 1 aromatic carbocycles. The summed E-state index contributed by atoms with van der Waals surface area (Å²) in [6, 6.07) is 10.3. The highest BCUT2D eigenvalue weighted by molar-refractivity contribution is 7.15. The fraction of sp³-hybridized carbons (Fsp3) is 0.158. The molecule has 4 aromatic rings. The normalized spacial score (nSPS) is 12.1. The lowest BCUT2D eigenvalue weighted by molar-refractivity contribution is 0.249. The monoisotopic (exact) mass is 446 g/mol. The fourth-order valence-electron chi connectivity index (χ4n) is 2.87. The largest absolute Gasteiger partial charge is 0.328 e. The molecule has 0 fully saturated rings. The van der Waals surface area contributed by atoms with E-state index in [2.05, 4.69) is 25.8 Å². The van der Waals surface area contributed by atoms with Crippen LogP contribution < -0.4 is 10.6 Å². The Balaban J connectivity index is 1.40. The summed E-state index contributed by atoms with van der Waals surface area (Å²) in [7, 11) is 0. The molecule has 148 valence electrons. The molecule has 0 bridgehead atoms. The zero-order chi connectivity index (χ0) is 20.4. The van der Waals surface area contributed by atoms with E-state index in [1.165, 1.54) is 11.3 Å². The minimum atomic E-state index is -0.373. The summed E-state index contributed by atoms with van der Waals surface area (Å²) in [5.41, 5.74) is 1.56. The van der Waals surface area contributed by atoms with Crippen molar-refractivity contribution in [1.82, 2.24) is 24.9 Å². The lowest BCUT2D eigenvalue weighted by Crippen LogP contribution is -2.32.